The summed E-state index contributed by atoms with van der Waals surface area (Å²) in [4.78, 5) is 42.5. The second-order valence-electron chi connectivity index (χ2n) is 10.1. The van der Waals surface area contributed by atoms with Crippen LogP contribution < -0.4 is 16.1 Å². The van der Waals surface area contributed by atoms with Gasteiger partial charge >= 0.3 is 11.8 Å². The topological polar surface area (TPSA) is 106 Å². The highest BCUT2D eigenvalue weighted by atomic mass is 16.6. The van der Waals surface area contributed by atoms with E-state index < -0.39 is 16.9 Å². The van der Waals surface area contributed by atoms with Crippen molar-refractivity contribution in [1.82, 2.24) is 18.6 Å². The molecule has 3 heterocycles. The molecule has 0 saturated carbocycles. The van der Waals surface area contributed by atoms with Crippen molar-refractivity contribution in [3.05, 3.63) is 62.3 Å². The molecule has 4 rings (SSSR count). The number of hydrogen-bond donors (Lipinski definition) is 0. The van der Waals surface area contributed by atoms with E-state index in [0.717, 1.165) is 10.1 Å². The highest BCUT2D eigenvalue weighted by Crippen LogP contribution is 2.32. The van der Waals surface area contributed by atoms with Gasteiger partial charge in [-0.1, -0.05) is 30.3 Å². The molecule has 0 atom stereocenters. The van der Waals surface area contributed by atoms with Gasteiger partial charge in [0, 0.05) is 46.8 Å². The van der Waals surface area contributed by atoms with Gasteiger partial charge in [-0.3, -0.25) is 13.9 Å². The summed E-state index contributed by atoms with van der Waals surface area (Å²) < 4.78 is 9.83. The van der Waals surface area contributed by atoms with Crippen molar-refractivity contribution in [2.45, 2.75) is 39.3 Å². The zero-order chi connectivity index (χ0) is 26.2. The standard InChI is InChI=1S/C26H32N6O4/c1-26(2,3)36-25(35)31-13-9-12-30(14-15-31)22-19(16-27)20-21(23(33)29(5)24(34)28(20)4)32(22)17-18-10-7-6-8-11-18/h6-8,10-11H,9,12-15,17H2,1-5H3. The number of carbonyl (C=O) groups is 1. The number of carbonyl (C=O) groups excluding carboxylic acids is 1. The fraction of sp³-hybridized carbons (Fsp3) is 0.462. The van der Waals surface area contributed by atoms with Gasteiger partial charge in [0.25, 0.3) is 5.56 Å². The van der Waals surface area contributed by atoms with E-state index in [2.05, 4.69) is 6.07 Å². The molecule has 0 unspecified atom stereocenters. The average Bonchev–Trinajstić information content (AvgIpc) is 2.97. The molecule has 10 nitrogen and oxygen atoms in total. The molecule has 2 aromatic heterocycles. The number of aromatic nitrogens is 3. The lowest BCUT2D eigenvalue weighted by Gasteiger charge is -2.27. The number of ether oxygens (including phenoxy) is 1. The van der Waals surface area contributed by atoms with Crippen molar-refractivity contribution in [1.29, 1.82) is 5.26 Å². The second-order valence-corrected chi connectivity index (χ2v) is 10.1. The number of nitrogens with zero attached hydrogens (tertiary/aromatic N) is 6. The number of amides is 1. The predicted octanol–water partition coefficient (Wildman–Crippen LogP) is 2.41. The molecular formula is C26H32N6O4. The van der Waals surface area contributed by atoms with Crippen molar-refractivity contribution >= 4 is 22.9 Å². The van der Waals surface area contributed by atoms with Gasteiger partial charge in [0.05, 0.1) is 5.52 Å². The molecule has 36 heavy (non-hydrogen) atoms. The van der Waals surface area contributed by atoms with Crippen molar-refractivity contribution in [3.8, 4) is 6.07 Å². The molecule has 3 aromatic rings. The van der Waals surface area contributed by atoms with Crippen molar-refractivity contribution < 1.29 is 9.53 Å². The number of hydrogen-bond acceptors (Lipinski definition) is 6. The first-order valence-corrected chi connectivity index (χ1v) is 12.0. The second kappa shape index (κ2) is 9.57. The Morgan fingerprint density at radius 2 is 1.69 bits per heavy atom. The van der Waals surface area contributed by atoms with E-state index in [9.17, 15) is 19.6 Å². The summed E-state index contributed by atoms with van der Waals surface area (Å²) in [5.74, 6) is 0.584. The molecule has 1 fully saturated rings. The minimum absolute atomic E-state index is 0.281. The number of aryl methyl sites for hydroxylation is 1. The third-order valence-corrected chi connectivity index (χ3v) is 6.37. The van der Waals surface area contributed by atoms with E-state index in [0.29, 0.717) is 56.0 Å². The van der Waals surface area contributed by atoms with Gasteiger partial charge < -0.3 is 19.1 Å². The molecule has 1 saturated heterocycles. The Hall–Kier alpha value is -4.00. The molecule has 0 N–H and O–H groups in total. The summed E-state index contributed by atoms with van der Waals surface area (Å²) >= 11 is 0. The Balaban J connectivity index is 1.85. The van der Waals surface area contributed by atoms with Crippen molar-refractivity contribution in [3.63, 3.8) is 0 Å². The lowest BCUT2D eigenvalue weighted by atomic mass is 10.2. The Bertz CT molecular complexity index is 1450. The highest BCUT2D eigenvalue weighted by molar-refractivity contribution is 5.90. The van der Waals surface area contributed by atoms with Crippen LogP contribution in [0.2, 0.25) is 0 Å². The molecule has 0 bridgehead atoms. The molecule has 190 valence electrons. The van der Waals surface area contributed by atoms with Crippen molar-refractivity contribution in [2.24, 2.45) is 14.1 Å². The third-order valence-electron chi connectivity index (χ3n) is 6.37. The highest BCUT2D eigenvalue weighted by Gasteiger charge is 2.30. The van der Waals surface area contributed by atoms with Crippen LogP contribution in [0.25, 0.3) is 11.0 Å². The smallest absolute Gasteiger partial charge is 0.410 e. The number of rotatable bonds is 3. The third kappa shape index (κ3) is 4.61. The number of nitriles is 1. The van der Waals surface area contributed by atoms with Crippen LogP contribution in [-0.4, -0.2) is 56.5 Å². The van der Waals surface area contributed by atoms with Gasteiger partial charge in [-0.25, -0.2) is 9.59 Å². The SMILES string of the molecule is Cn1c(=O)c2c(c(C#N)c(N3CCCN(C(=O)OC(C)(C)C)CC3)n2Cc2ccccc2)n(C)c1=O. The van der Waals surface area contributed by atoms with Gasteiger partial charge in [-0.2, -0.15) is 5.26 Å². The van der Waals surface area contributed by atoms with Crippen LogP contribution in [0.15, 0.2) is 39.9 Å². The zero-order valence-corrected chi connectivity index (χ0v) is 21.4. The Kier molecular flexibility index (Phi) is 6.67. The van der Waals surface area contributed by atoms with E-state index in [1.165, 1.54) is 11.6 Å². The molecule has 1 aromatic carbocycles. The summed E-state index contributed by atoms with van der Waals surface area (Å²) in [6.07, 6.45) is 0.291. The van der Waals surface area contributed by atoms with Crippen LogP contribution in [0.4, 0.5) is 10.6 Å². The van der Waals surface area contributed by atoms with Crippen LogP contribution in [-0.2, 0) is 25.4 Å². The first-order chi connectivity index (χ1) is 17.0. The first-order valence-electron chi connectivity index (χ1n) is 12.0. The summed E-state index contributed by atoms with van der Waals surface area (Å²) in [5.41, 5.74) is 0.346. The summed E-state index contributed by atoms with van der Waals surface area (Å²) in [5, 5.41) is 10.2. The van der Waals surface area contributed by atoms with Crippen LogP contribution in [0.5, 0.6) is 0 Å². The molecule has 1 aliphatic rings. The minimum atomic E-state index is -0.593. The van der Waals surface area contributed by atoms with Gasteiger partial charge in [0.2, 0.25) is 0 Å². The Labute approximate surface area is 209 Å². The lowest BCUT2D eigenvalue weighted by Crippen LogP contribution is -2.39. The van der Waals surface area contributed by atoms with E-state index in [4.69, 9.17) is 4.74 Å². The fourth-order valence-electron chi connectivity index (χ4n) is 4.69. The fourth-order valence-corrected chi connectivity index (χ4v) is 4.69. The quantitative estimate of drug-likeness (QED) is 0.556. The van der Waals surface area contributed by atoms with Crippen LogP contribution in [0.3, 0.4) is 0 Å². The molecule has 10 heteroatoms. The molecule has 0 radical (unpaired) electrons. The van der Waals surface area contributed by atoms with Gasteiger partial charge in [0.1, 0.15) is 28.6 Å². The molecule has 0 aliphatic carbocycles. The van der Waals surface area contributed by atoms with Crippen molar-refractivity contribution in [2.75, 3.05) is 31.1 Å². The molecular weight excluding hydrogens is 460 g/mol. The van der Waals surface area contributed by atoms with Gasteiger partial charge in [0.15, 0.2) is 0 Å². The van der Waals surface area contributed by atoms with Crippen LogP contribution in [0.1, 0.15) is 38.3 Å². The maximum Gasteiger partial charge on any atom is 0.410 e. The maximum absolute atomic E-state index is 13.4. The largest absolute Gasteiger partial charge is 0.444 e. The normalized spacial score (nSPS) is 14.6. The predicted molar refractivity (Wildman–Crippen MR) is 137 cm³/mol. The number of anilines is 1. The summed E-state index contributed by atoms with van der Waals surface area (Å²) in [7, 11) is 3.02. The van der Waals surface area contributed by atoms with Gasteiger partial charge in [-0.05, 0) is 32.8 Å². The monoisotopic (exact) mass is 492 g/mol. The van der Waals surface area contributed by atoms with Crippen LogP contribution in [0, 0.1) is 11.3 Å². The first kappa shape index (κ1) is 25.1. The van der Waals surface area contributed by atoms with Gasteiger partial charge in [-0.15, -0.1) is 0 Å². The Morgan fingerprint density at radius 3 is 2.33 bits per heavy atom. The number of benzene rings is 1. The molecule has 1 amide bonds. The zero-order valence-electron chi connectivity index (χ0n) is 21.4. The maximum atomic E-state index is 13.4. The van der Waals surface area contributed by atoms with Crippen LogP contribution >= 0.6 is 0 Å². The van der Waals surface area contributed by atoms with E-state index >= 15 is 0 Å². The minimum Gasteiger partial charge on any atom is -0.444 e. The Morgan fingerprint density at radius 1 is 1.00 bits per heavy atom. The summed E-state index contributed by atoms with van der Waals surface area (Å²) in [6, 6.07) is 11.9. The number of fused-ring (bicyclic) bond motifs is 1. The van der Waals surface area contributed by atoms with E-state index in [1.54, 1.807) is 11.9 Å². The molecule has 0 spiro atoms. The average molecular weight is 493 g/mol. The summed E-state index contributed by atoms with van der Waals surface area (Å²) in [6.45, 7) is 7.81. The lowest BCUT2D eigenvalue weighted by molar-refractivity contribution is 0.0263. The molecule has 1 aliphatic heterocycles. The van der Waals surface area contributed by atoms with E-state index in [-0.39, 0.29) is 11.7 Å². The van der Waals surface area contributed by atoms with E-state index in [1.807, 2.05) is 60.6 Å².